The summed E-state index contributed by atoms with van der Waals surface area (Å²) in [7, 11) is 0. The molecule has 2 aromatic carbocycles. The molecule has 0 fully saturated rings. The standard InChI is InChI=1S/C21H15F2N3O/c1-21(22,23)14-7-9-15(10-8-14)27-20-17(5-3-11-26-20)16-4-2-6-18-19(16)25-13-12-24-18/h2-13H,1H3. The summed E-state index contributed by atoms with van der Waals surface area (Å²) in [6.45, 7) is 0.862. The van der Waals surface area contributed by atoms with Gasteiger partial charge >= 0.3 is 0 Å². The van der Waals surface area contributed by atoms with Crippen LogP contribution in [0.4, 0.5) is 8.78 Å². The van der Waals surface area contributed by atoms with Gasteiger partial charge in [-0.1, -0.05) is 12.1 Å². The SMILES string of the molecule is CC(F)(F)c1ccc(Oc2ncccc2-c2cccc3nccnc23)cc1. The first-order valence-electron chi connectivity index (χ1n) is 8.34. The molecule has 27 heavy (non-hydrogen) atoms. The zero-order valence-corrected chi connectivity index (χ0v) is 14.4. The van der Waals surface area contributed by atoms with E-state index in [1.165, 1.54) is 24.3 Å². The van der Waals surface area contributed by atoms with Gasteiger partial charge in [-0.05, 0) is 42.5 Å². The van der Waals surface area contributed by atoms with Gasteiger partial charge in [0.25, 0.3) is 5.92 Å². The van der Waals surface area contributed by atoms with Crippen LogP contribution in [-0.4, -0.2) is 15.0 Å². The molecule has 2 aromatic heterocycles. The van der Waals surface area contributed by atoms with Gasteiger partial charge in [-0.15, -0.1) is 0 Å². The van der Waals surface area contributed by atoms with Crippen molar-refractivity contribution in [2.24, 2.45) is 0 Å². The van der Waals surface area contributed by atoms with Gasteiger partial charge in [-0.3, -0.25) is 9.97 Å². The summed E-state index contributed by atoms with van der Waals surface area (Å²) in [5.41, 5.74) is 3.01. The lowest BCUT2D eigenvalue weighted by Crippen LogP contribution is -2.06. The van der Waals surface area contributed by atoms with E-state index in [9.17, 15) is 8.78 Å². The number of benzene rings is 2. The Balaban J connectivity index is 1.74. The number of rotatable bonds is 4. The molecule has 0 bridgehead atoms. The van der Waals surface area contributed by atoms with E-state index in [0.29, 0.717) is 11.6 Å². The van der Waals surface area contributed by atoms with Crippen LogP contribution in [0.15, 0.2) is 73.2 Å². The summed E-state index contributed by atoms with van der Waals surface area (Å²) < 4.78 is 32.6. The predicted molar refractivity (Wildman–Crippen MR) is 98.9 cm³/mol. The highest BCUT2D eigenvalue weighted by Gasteiger charge is 2.24. The second-order valence-electron chi connectivity index (χ2n) is 6.10. The van der Waals surface area contributed by atoms with Crippen LogP contribution in [0.1, 0.15) is 12.5 Å². The van der Waals surface area contributed by atoms with Crippen LogP contribution in [0, 0.1) is 0 Å². The molecule has 0 aliphatic carbocycles. The lowest BCUT2D eigenvalue weighted by atomic mass is 10.1. The predicted octanol–water partition coefficient (Wildman–Crippen LogP) is 5.60. The molecule has 134 valence electrons. The van der Waals surface area contributed by atoms with Gasteiger partial charge in [0.15, 0.2) is 0 Å². The average Bonchev–Trinajstić information content (AvgIpc) is 2.68. The fourth-order valence-electron chi connectivity index (χ4n) is 2.81. The van der Waals surface area contributed by atoms with E-state index in [2.05, 4.69) is 15.0 Å². The van der Waals surface area contributed by atoms with Crippen LogP contribution < -0.4 is 4.74 Å². The third-order valence-corrected chi connectivity index (χ3v) is 4.14. The number of fused-ring (bicyclic) bond motifs is 1. The van der Waals surface area contributed by atoms with Crippen molar-refractivity contribution in [3.8, 4) is 22.8 Å². The minimum Gasteiger partial charge on any atom is -0.438 e. The number of hydrogen-bond acceptors (Lipinski definition) is 4. The van der Waals surface area contributed by atoms with Crippen LogP contribution in [0.25, 0.3) is 22.2 Å². The minimum atomic E-state index is -2.89. The van der Waals surface area contributed by atoms with Gasteiger partial charge in [0.05, 0.1) is 11.0 Å². The summed E-state index contributed by atoms with van der Waals surface area (Å²) >= 11 is 0. The van der Waals surface area contributed by atoms with Crippen molar-refractivity contribution >= 4 is 11.0 Å². The third kappa shape index (κ3) is 3.46. The molecule has 0 atom stereocenters. The fraction of sp³-hybridized carbons (Fsp3) is 0.0952. The van der Waals surface area contributed by atoms with E-state index in [1.807, 2.05) is 24.3 Å². The Bertz CT molecular complexity index is 1090. The highest BCUT2D eigenvalue weighted by Crippen LogP contribution is 2.35. The van der Waals surface area contributed by atoms with Crippen molar-refractivity contribution in [3.63, 3.8) is 0 Å². The van der Waals surface area contributed by atoms with E-state index >= 15 is 0 Å². The fourth-order valence-corrected chi connectivity index (χ4v) is 2.81. The van der Waals surface area contributed by atoms with E-state index in [4.69, 9.17) is 4.74 Å². The minimum absolute atomic E-state index is 0.0691. The highest BCUT2D eigenvalue weighted by atomic mass is 19.3. The molecule has 0 unspecified atom stereocenters. The lowest BCUT2D eigenvalue weighted by molar-refractivity contribution is 0.0174. The zero-order valence-electron chi connectivity index (χ0n) is 14.4. The Labute approximate surface area is 154 Å². The number of pyridine rings is 1. The molecule has 0 saturated heterocycles. The summed E-state index contributed by atoms with van der Waals surface area (Å²) in [6, 6.07) is 15.1. The number of nitrogens with zero attached hydrogens (tertiary/aromatic N) is 3. The molecule has 0 amide bonds. The second-order valence-corrected chi connectivity index (χ2v) is 6.10. The van der Waals surface area contributed by atoms with Crippen LogP contribution >= 0.6 is 0 Å². The smallest absolute Gasteiger partial charge is 0.270 e. The number of aromatic nitrogens is 3. The van der Waals surface area contributed by atoms with Gasteiger partial charge in [-0.2, -0.15) is 0 Å². The second kappa shape index (κ2) is 6.72. The summed E-state index contributed by atoms with van der Waals surface area (Å²) in [6.07, 6.45) is 4.88. The van der Waals surface area contributed by atoms with Crippen molar-refractivity contribution in [2.75, 3.05) is 0 Å². The van der Waals surface area contributed by atoms with Crippen LogP contribution in [0.5, 0.6) is 11.6 Å². The molecule has 0 radical (unpaired) electrons. The zero-order chi connectivity index (χ0) is 18.9. The molecular weight excluding hydrogens is 348 g/mol. The van der Waals surface area contributed by atoms with Gasteiger partial charge in [-0.25, -0.2) is 13.8 Å². The van der Waals surface area contributed by atoms with Gasteiger partial charge in [0.1, 0.15) is 5.75 Å². The third-order valence-electron chi connectivity index (χ3n) is 4.14. The first kappa shape index (κ1) is 17.0. The number of hydrogen-bond donors (Lipinski definition) is 0. The Morgan fingerprint density at radius 2 is 1.52 bits per heavy atom. The Hall–Kier alpha value is -3.41. The van der Waals surface area contributed by atoms with Crippen LogP contribution in [0.3, 0.4) is 0 Å². The van der Waals surface area contributed by atoms with Crippen molar-refractivity contribution < 1.29 is 13.5 Å². The summed E-state index contributed by atoms with van der Waals surface area (Å²) in [5, 5.41) is 0. The normalized spacial score (nSPS) is 11.5. The van der Waals surface area contributed by atoms with E-state index < -0.39 is 5.92 Å². The number of halogens is 2. The molecular formula is C21H15F2N3O. The maximum Gasteiger partial charge on any atom is 0.270 e. The molecule has 0 N–H and O–H groups in total. The van der Waals surface area contributed by atoms with E-state index in [0.717, 1.165) is 29.1 Å². The molecule has 0 spiro atoms. The molecule has 4 aromatic rings. The number of para-hydroxylation sites is 1. The topological polar surface area (TPSA) is 47.9 Å². The first-order valence-corrected chi connectivity index (χ1v) is 8.34. The van der Waals surface area contributed by atoms with Gasteiger partial charge < -0.3 is 4.74 Å². The number of alkyl halides is 2. The van der Waals surface area contributed by atoms with Gasteiger partial charge in [0.2, 0.25) is 5.88 Å². The molecule has 6 heteroatoms. The van der Waals surface area contributed by atoms with Crippen molar-refractivity contribution in [1.82, 2.24) is 15.0 Å². The van der Waals surface area contributed by atoms with Crippen molar-refractivity contribution in [3.05, 3.63) is 78.8 Å². The van der Waals surface area contributed by atoms with Crippen molar-refractivity contribution in [2.45, 2.75) is 12.8 Å². The quantitative estimate of drug-likeness (QED) is 0.474. The van der Waals surface area contributed by atoms with Gasteiger partial charge in [0, 0.05) is 42.2 Å². The summed E-state index contributed by atoms with van der Waals surface area (Å²) in [5.74, 6) is -2.10. The average molecular weight is 363 g/mol. The van der Waals surface area contributed by atoms with Crippen LogP contribution in [-0.2, 0) is 5.92 Å². The molecule has 4 nitrogen and oxygen atoms in total. The largest absolute Gasteiger partial charge is 0.438 e. The molecule has 4 rings (SSSR count). The first-order chi connectivity index (χ1) is 13.0. The van der Waals surface area contributed by atoms with Crippen molar-refractivity contribution in [1.29, 1.82) is 0 Å². The molecule has 0 saturated carbocycles. The monoisotopic (exact) mass is 363 g/mol. The number of ether oxygens (including phenoxy) is 1. The maximum atomic E-state index is 13.4. The molecule has 2 heterocycles. The Morgan fingerprint density at radius 1 is 0.778 bits per heavy atom. The summed E-state index contributed by atoms with van der Waals surface area (Å²) in [4.78, 5) is 13.0. The maximum absolute atomic E-state index is 13.4. The Morgan fingerprint density at radius 3 is 2.30 bits per heavy atom. The van der Waals surface area contributed by atoms with Crippen LogP contribution in [0.2, 0.25) is 0 Å². The molecule has 0 aliphatic heterocycles. The lowest BCUT2D eigenvalue weighted by Gasteiger charge is -2.13. The van der Waals surface area contributed by atoms with E-state index in [1.54, 1.807) is 24.7 Å². The van der Waals surface area contributed by atoms with E-state index in [-0.39, 0.29) is 5.56 Å². The molecule has 0 aliphatic rings. The Kier molecular flexibility index (Phi) is 4.24. The highest BCUT2D eigenvalue weighted by molar-refractivity contribution is 5.92.